The van der Waals surface area contributed by atoms with Gasteiger partial charge in [-0.1, -0.05) is 26.0 Å². The van der Waals surface area contributed by atoms with Gasteiger partial charge in [-0.15, -0.1) is 12.4 Å². The Morgan fingerprint density at radius 2 is 1.67 bits per heavy atom. The molecule has 8 heteroatoms. The maximum atomic E-state index is 12.5. The van der Waals surface area contributed by atoms with Gasteiger partial charge in [-0.2, -0.15) is 4.31 Å². The molecule has 1 aliphatic rings. The van der Waals surface area contributed by atoms with E-state index in [1.165, 1.54) is 4.31 Å². The number of carbonyl (C=O) groups is 1. The number of benzene rings is 1. The number of aryl methyl sites for hydroxylation is 1. The van der Waals surface area contributed by atoms with E-state index in [-0.39, 0.29) is 30.4 Å². The highest BCUT2D eigenvalue weighted by molar-refractivity contribution is 7.89. The van der Waals surface area contributed by atoms with Crippen molar-refractivity contribution in [1.82, 2.24) is 9.62 Å². The number of hydrogen-bond donors (Lipinski definition) is 2. The third-order valence-electron chi connectivity index (χ3n) is 5.04. The fourth-order valence-electron chi connectivity index (χ4n) is 3.36. The normalized spacial score (nSPS) is 20.1. The molecule has 2 rings (SSSR count). The molecule has 1 amide bonds. The van der Waals surface area contributed by atoms with Crippen LogP contribution in [0.3, 0.4) is 0 Å². The third-order valence-corrected chi connectivity index (χ3v) is 7.11. The number of amides is 1. The lowest BCUT2D eigenvalue weighted by molar-refractivity contribution is -0.122. The van der Waals surface area contributed by atoms with Gasteiger partial charge in [0.1, 0.15) is 0 Å². The highest BCUT2D eigenvalue weighted by Gasteiger charge is 2.22. The van der Waals surface area contributed by atoms with Gasteiger partial charge in [0.2, 0.25) is 15.9 Å². The Morgan fingerprint density at radius 1 is 1.11 bits per heavy atom. The van der Waals surface area contributed by atoms with Crippen LogP contribution in [-0.2, 0) is 21.2 Å². The maximum absolute atomic E-state index is 12.5. The Labute approximate surface area is 169 Å². The van der Waals surface area contributed by atoms with E-state index < -0.39 is 10.0 Å². The van der Waals surface area contributed by atoms with Crippen LogP contribution in [0.15, 0.2) is 29.2 Å². The summed E-state index contributed by atoms with van der Waals surface area (Å²) in [5.41, 5.74) is 6.85. The van der Waals surface area contributed by atoms with Crippen LogP contribution in [0.1, 0.15) is 51.5 Å². The zero-order chi connectivity index (χ0) is 19.2. The van der Waals surface area contributed by atoms with Crippen molar-refractivity contribution >= 4 is 28.3 Å². The average Bonchev–Trinajstić information content (AvgIpc) is 2.63. The van der Waals surface area contributed by atoms with E-state index in [9.17, 15) is 13.2 Å². The van der Waals surface area contributed by atoms with Crippen molar-refractivity contribution in [2.75, 3.05) is 13.1 Å². The highest BCUT2D eigenvalue weighted by atomic mass is 35.5. The van der Waals surface area contributed by atoms with Crippen LogP contribution in [0.4, 0.5) is 0 Å². The second kappa shape index (κ2) is 11.0. The smallest absolute Gasteiger partial charge is 0.243 e. The number of nitrogens with zero attached hydrogens (tertiary/aromatic N) is 1. The van der Waals surface area contributed by atoms with Gasteiger partial charge in [0, 0.05) is 31.6 Å². The topological polar surface area (TPSA) is 92.5 Å². The first-order chi connectivity index (χ1) is 12.4. The monoisotopic (exact) mass is 417 g/mol. The summed E-state index contributed by atoms with van der Waals surface area (Å²) in [6, 6.07) is 7.36. The number of hydrogen-bond acceptors (Lipinski definition) is 4. The number of carbonyl (C=O) groups excluding carboxylic acids is 1. The van der Waals surface area contributed by atoms with Crippen molar-refractivity contribution in [3.8, 4) is 0 Å². The lowest BCUT2D eigenvalue weighted by Gasteiger charge is -2.26. The number of nitrogens with two attached hydrogens (primary N) is 1. The molecule has 0 heterocycles. The van der Waals surface area contributed by atoms with Crippen molar-refractivity contribution in [1.29, 1.82) is 0 Å². The molecule has 0 aromatic heterocycles. The summed E-state index contributed by atoms with van der Waals surface area (Å²) < 4.78 is 26.4. The molecular formula is C19H32ClN3O3S. The van der Waals surface area contributed by atoms with Gasteiger partial charge >= 0.3 is 0 Å². The molecule has 0 radical (unpaired) electrons. The van der Waals surface area contributed by atoms with Crippen LogP contribution in [-0.4, -0.2) is 43.8 Å². The minimum Gasteiger partial charge on any atom is -0.353 e. The number of sulfonamides is 1. The molecule has 0 unspecified atom stereocenters. The molecule has 1 fully saturated rings. The van der Waals surface area contributed by atoms with E-state index in [0.29, 0.717) is 30.8 Å². The lowest BCUT2D eigenvalue weighted by atomic mass is 9.92. The van der Waals surface area contributed by atoms with Crippen molar-refractivity contribution in [2.45, 2.75) is 69.4 Å². The van der Waals surface area contributed by atoms with Crippen LogP contribution in [0.25, 0.3) is 0 Å². The summed E-state index contributed by atoms with van der Waals surface area (Å²) in [6.45, 7) is 4.56. The first-order valence-electron chi connectivity index (χ1n) is 9.50. The van der Waals surface area contributed by atoms with Gasteiger partial charge in [0.05, 0.1) is 4.90 Å². The summed E-state index contributed by atoms with van der Waals surface area (Å²) in [4.78, 5) is 12.4. The first kappa shape index (κ1) is 23.9. The van der Waals surface area contributed by atoms with Crippen molar-refractivity contribution < 1.29 is 13.2 Å². The standard InChI is InChI=1S/C19H31N3O3S.ClH/c1-3-22(4-2)26(24,25)18-12-5-15(6-13-18)7-14-19(23)21-17-10-8-16(20)9-11-17;/h5-6,12-13,16-17H,3-4,7-11,14,20H2,1-2H3,(H,21,23);1H. The molecule has 0 aliphatic heterocycles. The Morgan fingerprint density at radius 3 is 2.19 bits per heavy atom. The molecule has 0 atom stereocenters. The van der Waals surface area contributed by atoms with E-state index >= 15 is 0 Å². The van der Waals surface area contributed by atoms with Gasteiger partial charge in [0.25, 0.3) is 0 Å². The van der Waals surface area contributed by atoms with Gasteiger partial charge in [-0.25, -0.2) is 8.42 Å². The summed E-state index contributed by atoms with van der Waals surface area (Å²) in [6.07, 6.45) is 4.84. The Bertz CT molecular complexity index is 683. The molecule has 1 aliphatic carbocycles. The molecule has 6 nitrogen and oxygen atoms in total. The van der Waals surface area contributed by atoms with E-state index in [1.807, 2.05) is 13.8 Å². The zero-order valence-electron chi connectivity index (χ0n) is 16.2. The van der Waals surface area contributed by atoms with Crippen LogP contribution in [0.2, 0.25) is 0 Å². The molecule has 0 bridgehead atoms. The Hall–Kier alpha value is -1.15. The van der Waals surface area contributed by atoms with E-state index in [1.54, 1.807) is 24.3 Å². The van der Waals surface area contributed by atoms with Crippen molar-refractivity contribution in [3.63, 3.8) is 0 Å². The van der Waals surface area contributed by atoms with Crippen LogP contribution >= 0.6 is 12.4 Å². The van der Waals surface area contributed by atoms with Crippen LogP contribution in [0.5, 0.6) is 0 Å². The number of nitrogens with one attached hydrogen (secondary N) is 1. The van der Waals surface area contributed by atoms with Gasteiger partial charge in [0.15, 0.2) is 0 Å². The fourth-order valence-corrected chi connectivity index (χ4v) is 4.82. The van der Waals surface area contributed by atoms with Crippen molar-refractivity contribution in [3.05, 3.63) is 29.8 Å². The molecule has 1 aromatic carbocycles. The third kappa shape index (κ3) is 6.75. The molecule has 0 spiro atoms. The molecule has 0 saturated heterocycles. The van der Waals surface area contributed by atoms with Crippen LogP contribution < -0.4 is 11.1 Å². The SMILES string of the molecule is CCN(CC)S(=O)(=O)c1ccc(CCC(=O)NC2CCC(N)CC2)cc1.Cl. The Balaban J connectivity index is 0.00000364. The largest absolute Gasteiger partial charge is 0.353 e. The van der Waals surface area contributed by atoms with Gasteiger partial charge in [-0.05, 0) is 49.8 Å². The van der Waals surface area contributed by atoms with Gasteiger partial charge < -0.3 is 11.1 Å². The maximum Gasteiger partial charge on any atom is 0.243 e. The molecular weight excluding hydrogens is 386 g/mol. The summed E-state index contributed by atoms with van der Waals surface area (Å²) in [7, 11) is -3.43. The summed E-state index contributed by atoms with van der Waals surface area (Å²) >= 11 is 0. The molecule has 3 N–H and O–H groups in total. The zero-order valence-corrected chi connectivity index (χ0v) is 17.8. The predicted octanol–water partition coefficient (Wildman–Crippen LogP) is 2.46. The molecule has 1 aromatic rings. The minimum atomic E-state index is -3.43. The molecule has 154 valence electrons. The highest BCUT2D eigenvalue weighted by Crippen LogP contribution is 2.18. The fraction of sp³-hybridized carbons (Fsp3) is 0.632. The molecule has 27 heavy (non-hydrogen) atoms. The second-order valence-corrected chi connectivity index (χ2v) is 8.85. The average molecular weight is 418 g/mol. The van der Waals surface area contributed by atoms with Gasteiger partial charge in [-0.3, -0.25) is 4.79 Å². The van der Waals surface area contributed by atoms with E-state index in [2.05, 4.69) is 5.32 Å². The van der Waals surface area contributed by atoms with Crippen molar-refractivity contribution in [2.24, 2.45) is 5.73 Å². The lowest BCUT2D eigenvalue weighted by Crippen LogP contribution is -2.40. The molecule has 1 saturated carbocycles. The Kier molecular flexibility index (Phi) is 9.73. The summed E-state index contributed by atoms with van der Waals surface area (Å²) in [5.74, 6) is 0.0466. The second-order valence-electron chi connectivity index (χ2n) is 6.91. The van der Waals surface area contributed by atoms with E-state index in [0.717, 1.165) is 31.2 Å². The number of halogens is 1. The number of rotatable bonds is 8. The summed E-state index contributed by atoms with van der Waals surface area (Å²) in [5, 5.41) is 3.08. The predicted molar refractivity (Wildman–Crippen MR) is 110 cm³/mol. The first-order valence-corrected chi connectivity index (χ1v) is 10.9. The minimum absolute atomic E-state index is 0. The van der Waals surface area contributed by atoms with E-state index in [4.69, 9.17) is 5.73 Å². The van der Waals surface area contributed by atoms with Crippen LogP contribution in [0, 0.1) is 0 Å². The quantitative estimate of drug-likeness (QED) is 0.679.